The van der Waals surface area contributed by atoms with Crippen molar-refractivity contribution in [3.05, 3.63) is 0 Å². The first kappa shape index (κ1) is 17.0. The van der Waals surface area contributed by atoms with Gasteiger partial charge in [0.2, 0.25) is 5.91 Å². The maximum Gasteiger partial charge on any atom is 0.240 e. The van der Waals surface area contributed by atoms with E-state index in [1.807, 2.05) is 0 Å². The summed E-state index contributed by atoms with van der Waals surface area (Å²) >= 11 is 0. The molecule has 1 amide bonds. The first-order valence-corrected chi connectivity index (χ1v) is 8.93. The van der Waals surface area contributed by atoms with Crippen LogP contribution in [0, 0.1) is 16.7 Å². The topological polar surface area (TPSA) is 87.0 Å². The Bertz CT molecular complexity index is 495. The minimum atomic E-state index is -3.26. The molecular formula is C14H24N2O3S. The van der Waals surface area contributed by atoms with E-state index in [2.05, 4.69) is 11.4 Å². The van der Waals surface area contributed by atoms with Crippen molar-refractivity contribution in [3.8, 4) is 6.07 Å². The number of amides is 1. The summed E-state index contributed by atoms with van der Waals surface area (Å²) in [4.78, 5) is 12.3. The van der Waals surface area contributed by atoms with E-state index < -0.39 is 20.0 Å². The van der Waals surface area contributed by atoms with Gasteiger partial charge in [0, 0.05) is 12.8 Å². The van der Waals surface area contributed by atoms with Gasteiger partial charge in [0.1, 0.15) is 5.41 Å². The quantitative estimate of drug-likeness (QED) is 0.802. The monoisotopic (exact) mass is 300 g/mol. The van der Waals surface area contributed by atoms with Gasteiger partial charge in [-0.3, -0.25) is 4.79 Å². The Hall–Kier alpha value is -1.09. The fraction of sp³-hybridized carbons (Fsp3) is 0.857. The predicted molar refractivity (Wildman–Crippen MR) is 77.7 cm³/mol. The van der Waals surface area contributed by atoms with E-state index in [4.69, 9.17) is 0 Å². The summed E-state index contributed by atoms with van der Waals surface area (Å²) in [6, 6.07) is 2.17. The zero-order valence-electron chi connectivity index (χ0n) is 12.5. The average molecular weight is 300 g/mol. The van der Waals surface area contributed by atoms with Crippen molar-refractivity contribution in [2.45, 2.75) is 57.1 Å². The maximum absolute atomic E-state index is 12.3. The van der Waals surface area contributed by atoms with Gasteiger partial charge in [0.15, 0.2) is 9.84 Å². The molecule has 0 radical (unpaired) electrons. The molecule has 0 heterocycles. The third-order valence-electron chi connectivity index (χ3n) is 4.28. The largest absolute Gasteiger partial charge is 0.353 e. The molecule has 1 fully saturated rings. The maximum atomic E-state index is 12.3. The first-order chi connectivity index (χ1) is 9.15. The zero-order valence-corrected chi connectivity index (χ0v) is 13.3. The normalized spacial score (nSPS) is 19.7. The van der Waals surface area contributed by atoms with Crippen LogP contribution in [0.4, 0.5) is 0 Å². The molecular weight excluding hydrogens is 276 g/mol. The molecule has 0 aromatic rings. The predicted octanol–water partition coefficient (Wildman–Crippen LogP) is 1.79. The molecule has 1 aliphatic rings. The number of sulfone groups is 1. The van der Waals surface area contributed by atoms with Crippen molar-refractivity contribution < 1.29 is 13.2 Å². The van der Waals surface area contributed by atoms with E-state index in [1.54, 1.807) is 13.8 Å². The smallest absolute Gasteiger partial charge is 0.240 e. The summed E-state index contributed by atoms with van der Waals surface area (Å²) in [7, 11) is -3.26. The molecule has 6 heteroatoms. The van der Waals surface area contributed by atoms with Crippen LogP contribution < -0.4 is 5.32 Å². The van der Waals surface area contributed by atoms with Gasteiger partial charge in [-0.2, -0.15) is 5.26 Å². The van der Waals surface area contributed by atoms with Crippen molar-refractivity contribution in [2.75, 3.05) is 12.8 Å². The number of nitrogens with one attached hydrogen (secondary N) is 1. The molecule has 0 atom stereocenters. The van der Waals surface area contributed by atoms with E-state index >= 15 is 0 Å². The molecule has 1 rings (SSSR count). The minimum absolute atomic E-state index is 0.0358. The third kappa shape index (κ3) is 3.72. The van der Waals surface area contributed by atoms with Crippen LogP contribution in [-0.2, 0) is 14.6 Å². The van der Waals surface area contributed by atoms with E-state index in [0.717, 1.165) is 31.9 Å². The second-order valence-corrected chi connectivity index (χ2v) is 8.97. The van der Waals surface area contributed by atoms with Crippen LogP contribution in [-0.4, -0.2) is 31.9 Å². The third-order valence-corrected chi connectivity index (χ3v) is 6.44. The molecule has 1 N–H and O–H groups in total. The summed E-state index contributed by atoms with van der Waals surface area (Å²) in [5.74, 6) is -0.321. The number of nitrogens with zero attached hydrogens (tertiary/aromatic N) is 1. The van der Waals surface area contributed by atoms with E-state index in [1.165, 1.54) is 0 Å². The summed E-state index contributed by atoms with van der Waals surface area (Å²) in [5.41, 5.74) is -0.982. The molecule has 0 aromatic heterocycles. The lowest BCUT2D eigenvalue weighted by Gasteiger charge is -2.27. The lowest BCUT2D eigenvalue weighted by molar-refractivity contribution is -0.128. The second-order valence-electron chi connectivity index (χ2n) is 6.32. The molecule has 1 saturated carbocycles. The fourth-order valence-electron chi connectivity index (χ4n) is 2.32. The van der Waals surface area contributed by atoms with Gasteiger partial charge in [-0.15, -0.1) is 0 Å². The van der Waals surface area contributed by atoms with Crippen molar-refractivity contribution >= 4 is 15.7 Å². The van der Waals surface area contributed by atoms with Crippen LogP contribution in [0.25, 0.3) is 0 Å². The van der Waals surface area contributed by atoms with Gasteiger partial charge in [-0.05, 0) is 26.7 Å². The summed E-state index contributed by atoms with van der Waals surface area (Å²) in [6.45, 7) is 3.19. The van der Waals surface area contributed by atoms with Crippen LogP contribution in [0.1, 0.15) is 52.4 Å². The average Bonchev–Trinajstić information content (AvgIpc) is 2.61. The van der Waals surface area contributed by atoms with Gasteiger partial charge in [0.05, 0.1) is 10.8 Å². The van der Waals surface area contributed by atoms with Crippen LogP contribution in [0.2, 0.25) is 0 Å². The van der Waals surface area contributed by atoms with Gasteiger partial charge in [0.25, 0.3) is 0 Å². The number of rotatable bonds is 4. The number of nitriles is 1. The molecule has 0 spiro atoms. The van der Waals surface area contributed by atoms with Crippen molar-refractivity contribution in [1.29, 1.82) is 5.26 Å². The Balaban J connectivity index is 2.77. The Morgan fingerprint density at radius 3 is 2.15 bits per heavy atom. The highest BCUT2D eigenvalue weighted by atomic mass is 32.2. The highest BCUT2D eigenvalue weighted by Gasteiger charge is 2.40. The van der Waals surface area contributed by atoms with Crippen molar-refractivity contribution in [1.82, 2.24) is 5.32 Å². The first-order valence-electron chi connectivity index (χ1n) is 7.04. The number of carbonyl (C=O) groups excluding carboxylic acids is 1. The summed E-state index contributed by atoms with van der Waals surface area (Å²) in [5, 5.41) is 12.1. The molecule has 20 heavy (non-hydrogen) atoms. The van der Waals surface area contributed by atoms with Crippen LogP contribution in [0.3, 0.4) is 0 Å². The molecule has 0 aromatic carbocycles. The molecule has 0 unspecified atom stereocenters. The van der Waals surface area contributed by atoms with Crippen LogP contribution in [0.15, 0.2) is 0 Å². The molecule has 0 aliphatic heterocycles. The van der Waals surface area contributed by atoms with E-state index in [-0.39, 0.29) is 12.5 Å². The van der Waals surface area contributed by atoms with Gasteiger partial charge in [-0.25, -0.2) is 8.42 Å². The highest BCUT2D eigenvalue weighted by Crippen LogP contribution is 2.34. The standard InChI is InChI=1S/C14H24N2O3S/c1-13(2,20(3,18)19)11-16-12(17)14(10-15)8-6-4-5-7-9-14/h4-9,11H2,1-3H3,(H,16,17). The summed E-state index contributed by atoms with van der Waals surface area (Å²) < 4.78 is 22.2. The Kier molecular flexibility index (Phi) is 5.20. The molecule has 0 bridgehead atoms. The number of hydrogen-bond acceptors (Lipinski definition) is 4. The molecule has 0 saturated heterocycles. The minimum Gasteiger partial charge on any atom is -0.353 e. The summed E-state index contributed by atoms with van der Waals surface area (Å²) in [6.07, 6.45) is 6.12. The Labute approximate surface area is 121 Å². The lowest BCUT2D eigenvalue weighted by Crippen LogP contribution is -2.48. The number of hydrogen-bond donors (Lipinski definition) is 1. The van der Waals surface area contributed by atoms with E-state index in [0.29, 0.717) is 12.8 Å². The lowest BCUT2D eigenvalue weighted by atomic mass is 9.81. The second kappa shape index (κ2) is 6.13. The highest BCUT2D eigenvalue weighted by molar-refractivity contribution is 7.92. The molecule has 114 valence electrons. The van der Waals surface area contributed by atoms with Crippen molar-refractivity contribution in [3.63, 3.8) is 0 Å². The van der Waals surface area contributed by atoms with Crippen LogP contribution >= 0.6 is 0 Å². The fourth-order valence-corrected chi connectivity index (χ4v) is 2.65. The Morgan fingerprint density at radius 1 is 1.25 bits per heavy atom. The molecule has 5 nitrogen and oxygen atoms in total. The van der Waals surface area contributed by atoms with Gasteiger partial charge >= 0.3 is 0 Å². The molecule has 1 aliphatic carbocycles. The Morgan fingerprint density at radius 2 is 1.75 bits per heavy atom. The number of carbonyl (C=O) groups is 1. The van der Waals surface area contributed by atoms with Crippen molar-refractivity contribution in [2.24, 2.45) is 5.41 Å². The van der Waals surface area contributed by atoms with Gasteiger partial charge in [-0.1, -0.05) is 25.7 Å². The van der Waals surface area contributed by atoms with E-state index in [9.17, 15) is 18.5 Å². The SMILES string of the molecule is CC(C)(CNC(=O)C1(C#N)CCCCCC1)S(C)(=O)=O. The zero-order chi connectivity index (χ0) is 15.4. The van der Waals surface area contributed by atoms with Crippen LogP contribution in [0.5, 0.6) is 0 Å². The van der Waals surface area contributed by atoms with Gasteiger partial charge < -0.3 is 5.32 Å².